The summed E-state index contributed by atoms with van der Waals surface area (Å²) in [4.78, 5) is 14.2. The van der Waals surface area contributed by atoms with Crippen LogP contribution >= 0.6 is 0 Å². The number of ether oxygens (including phenoxy) is 1. The number of hydrogen-bond acceptors (Lipinski definition) is 5. The van der Waals surface area contributed by atoms with Crippen molar-refractivity contribution in [3.05, 3.63) is 48.7 Å². The first-order valence-electron chi connectivity index (χ1n) is 8.39. The molecule has 0 saturated carbocycles. The standard InChI is InChI=1S/C18H23N3O4S/c1-3-21(15-8-5-4-6-9-15)26(23,24)16-11-12-17(20-14-16)19-13-7-10-18(22)25-2/h4-6,8-9,11-12,14H,3,7,10,13H2,1-2H3,(H,19,20)/p+1. The fraction of sp³-hybridized carbons (Fsp3) is 0.333. The van der Waals surface area contributed by atoms with Crippen LogP contribution in [0.25, 0.3) is 0 Å². The average Bonchev–Trinajstić information content (AvgIpc) is 2.66. The number of carbonyl (C=O) groups excluding carboxylic acids is 1. The van der Waals surface area contributed by atoms with Crippen molar-refractivity contribution in [1.29, 1.82) is 0 Å². The van der Waals surface area contributed by atoms with E-state index in [0.717, 1.165) is 0 Å². The quantitative estimate of drug-likeness (QED) is 0.533. The van der Waals surface area contributed by atoms with Crippen LogP contribution in [0.1, 0.15) is 19.8 Å². The first kappa shape index (κ1) is 19.7. The van der Waals surface area contributed by atoms with Crippen LogP contribution in [-0.2, 0) is 19.6 Å². The maximum absolute atomic E-state index is 12.9. The monoisotopic (exact) mass is 378 g/mol. The van der Waals surface area contributed by atoms with E-state index >= 15 is 0 Å². The molecule has 0 aliphatic heterocycles. The molecule has 26 heavy (non-hydrogen) atoms. The van der Waals surface area contributed by atoms with Gasteiger partial charge in [0.15, 0.2) is 0 Å². The molecule has 140 valence electrons. The number of esters is 1. The number of hydrogen-bond donors (Lipinski definition) is 1. The van der Waals surface area contributed by atoms with Crippen molar-refractivity contribution in [1.82, 2.24) is 0 Å². The van der Waals surface area contributed by atoms with E-state index in [0.29, 0.717) is 37.4 Å². The van der Waals surface area contributed by atoms with Crippen LogP contribution in [0, 0.1) is 0 Å². The van der Waals surface area contributed by atoms with Crippen molar-refractivity contribution < 1.29 is 22.9 Å². The normalized spacial score (nSPS) is 11.0. The summed E-state index contributed by atoms with van der Waals surface area (Å²) in [5, 5.41) is 3.11. The zero-order valence-corrected chi connectivity index (χ0v) is 15.8. The van der Waals surface area contributed by atoms with E-state index < -0.39 is 10.0 Å². The molecule has 0 spiro atoms. The summed E-state index contributed by atoms with van der Waals surface area (Å²) in [5.41, 5.74) is 0.625. The number of pyridine rings is 1. The fourth-order valence-corrected chi connectivity index (χ4v) is 3.89. The third-order valence-electron chi connectivity index (χ3n) is 3.80. The zero-order chi connectivity index (χ0) is 19.0. The second-order valence-corrected chi connectivity index (χ2v) is 7.41. The van der Waals surface area contributed by atoms with Gasteiger partial charge in [-0.2, -0.15) is 0 Å². The van der Waals surface area contributed by atoms with Gasteiger partial charge in [-0.3, -0.25) is 14.4 Å². The Labute approximate surface area is 154 Å². The number of aromatic nitrogens is 1. The highest BCUT2D eigenvalue weighted by Crippen LogP contribution is 2.22. The summed E-state index contributed by atoms with van der Waals surface area (Å²) >= 11 is 0. The Bertz CT molecular complexity index is 808. The highest BCUT2D eigenvalue weighted by Gasteiger charge is 2.24. The second kappa shape index (κ2) is 9.19. The van der Waals surface area contributed by atoms with Gasteiger partial charge in [0.05, 0.1) is 19.3 Å². The Morgan fingerprint density at radius 1 is 1.19 bits per heavy atom. The Kier molecular flexibility index (Phi) is 6.97. The summed E-state index contributed by atoms with van der Waals surface area (Å²) < 4.78 is 31.7. The summed E-state index contributed by atoms with van der Waals surface area (Å²) in [6, 6.07) is 12.2. The number of anilines is 2. The molecule has 0 atom stereocenters. The van der Waals surface area contributed by atoms with Gasteiger partial charge in [-0.25, -0.2) is 13.4 Å². The molecule has 1 heterocycles. The molecule has 2 aromatic rings. The number of sulfonamides is 1. The molecule has 0 saturated heterocycles. The minimum Gasteiger partial charge on any atom is -0.469 e. The van der Waals surface area contributed by atoms with Gasteiger partial charge in [-0.1, -0.05) is 18.2 Å². The van der Waals surface area contributed by atoms with Gasteiger partial charge in [0.2, 0.25) is 0 Å². The van der Waals surface area contributed by atoms with Crippen molar-refractivity contribution in [2.45, 2.75) is 24.7 Å². The number of nitrogens with zero attached hydrogens (tertiary/aromatic N) is 1. The predicted molar refractivity (Wildman–Crippen MR) is 99.4 cm³/mol. The third-order valence-corrected chi connectivity index (χ3v) is 5.70. The highest BCUT2D eigenvalue weighted by atomic mass is 32.2. The van der Waals surface area contributed by atoms with Crippen molar-refractivity contribution in [3.8, 4) is 0 Å². The second-order valence-electron chi connectivity index (χ2n) is 5.55. The van der Waals surface area contributed by atoms with E-state index in [2.05, 4.69) is 15.0 Å². The Balaban J connectivity index is 2.05. The predicted octanol–water partition coefficient (Wildman–Crippen LogP) is 2.08. The van der Waals surface area contributed by atoms with E-state index in [1.54, 1.807) is 43.3 Å². The average molecular weight is 378 g/mol. The molecule has 7 nitrogen and oxygen atoms in total. The molecule has 2 N–H and O–H groups in total. The molecule has 0 aliphatic rings. The SMILES string of the molecule is CCN(c1ccccc1)S(=O)(=O)c1ccc(NCCCC(=O)OC)[nH+]c1. The van der Waals surface area contributed by atoms with Crippen LogP contribution in [0.4, 0.5) is 11.5 Å². The molecule has 0 radical (unpaired) electrons. The molecule has 8 heteroatoms. The lowest BCUT2D eigenvalue weighted by Crippen LogP contribution is -2.31. The number of para-hydroxylation sites is 1. The zero-order valence-electron chi connectivity index (χ0n) is 14.9. The van der Waals surface area contributed by atoms with Crippen molar-refractivity contribution in [2.24, 2.45) is 0 Å². The van der Waals surface area contributed by atoms with Gasteiger partial charge in [-0.15, -0.1) is 0 Å². The van der Waals surface area contributed by atoms with Gasteiger partial charge in [0.25, 0.3) is 15.8 Å². The number of aromatic amines is 1. The minimum atomic E-state index is -3.65. The fourth-order valence-electron chi connectivity index (χ4n) is 2.45. The molecule has 0 bridgehead atoms. The number of methoxy groups -OCH3 is 1. The number of rotatable bonds is 9. The summed E-state index contributed by atoms with van der Waals surface area (Å²) in [6.45, 7) is 2.70. The lowest BCUT2D eigenvalue weighted by Gasteiger charge is -2.22. The molecule has 0 amide bonds. The van der Waals surface area contributed by atoms with E-state index in [1.807, 2.05) is 6.07 Å². The molecule has 1 aromatic carbocycles. The molecular weight excluding hydrogens is 354 g/mol. The maximum atomic E-state index is 12.9. The Hall–Kier alpha value is -2.61. The molecule has 0 aliphatic carbocycles. The highest BCUT2D eigenvalue weighted by molar-refractivity contribution is 7.92. The number of nitrogens with one attached hydrogen (secondary N) is 2. The topological polar surface area (TPSA) is 89.9 Å². The van der Waals surface area contributed by atoms with Crippen LogP contribution < -0.4 is 14.6 Å². The maximum Gasteiger partial charge on any atom is 0.305 e. The van der Waals surface area contributed by atoms with Crippen molar-refractivity contribution in [3.63, 3.8) is 0 Å². The smallest absolute Gasteiger partial charge is 0.305 e. The summed E-state index contributed by atoms with van der Waals surface area (Å²) in [6.07, 6.45) is 2.42. The van der Waals surface area contributed by atoms with E-state index in [4.69, 9.17) is 0 Å². The number of benzene rings is 1. The molecular formula is C18H24N3O4S+. The number of carbonyl (C=O) groups is 1. The summed E-state index contributed by atoms with van der Waals surface area (Å²) in [5.74, 6) is 0.425. The van der Waals surface area contributed by atoms with Crippen LogP contribution in [-0.4, -0.2) is 34.6 Å². The van der Waals surface area contributed by atoms with Crippen LogP contribution in [0.15, 0.2) is 53.6 Å². The van der Waals surface area contributed by atoms with Crippen molar-refractivity contribution >= 4 is 27.5 Å². The van der Waals surface area contributed by atoms with Gasteiger partial charge in [0, 0.05) is 19.0 Å². The Morgan fingerprint density at radius 3 is 2.50 bits per heavy atom. The molecule has 0 fully saturated rings. The number of H-pyrrole nitrogens is 1. The van der Waals surface area contributed by atoms with Gasteiger partial charge in [0.1, 0.15) is 11.1 Å². The lowest BCUT2D eigenvalue weighted by atomic mass is 10.3. The Morgan fingerprint density at radius 2 is 1.92 bits per heavy atom. The summed E-state index contributed by atoms with van der Waals surface area (Å²) in [7, 11) is -2.29. The van der Waals surface area contributed by atoms with E-state index in [-0.39, 0.29) is 10.9 Å². The van der Waals surface area contributed by atoms with Gasteiger partial charge < -0.3 is 4.74 Å². The van der Waals surface area contributed by atoms with Crippen LogP contribution in [0.5, 0.6) is 0 Å². The lowest BCUT2D eigenvalue weighted by molar-refractivity contribution is -0.364. The van der Waals surface area contributed by atoms with Crippen LogP contribution in [0.2, 0.25) is 0 Å². The van der Waals surface area contributed by atoms with Gasteiger partial charge in [-0.05, 0) is 31.5 Å². The largest absolute Gasteiger partial charge is 0.469 e. The first-order chi connectivity index (χ1) is 12.5. The third kappa shape index (κ3) is 4.95. The van der Waals surface area contributed by atoms with Gasteiger partial charge >= 0.3 is 5.97 Å². The van der Waals surface area contributed by atoms with E-state index in [1.165, 1.54) is 17.6 Å². The molecule has 1 aromatic heterocycles. The minimum absolute atomic E-state index is 0.184. The first-order valence-corrected chi connectivity index (χ1v) is 9.83. The van der Waals surface area contributed by atoms with E-state index in [9.17, 15) is 13.2 Å². The van der Waals surface area contributed by atoms with Crippen LogP contribution in [0.3, 0.4) is 0 Å². The van der Waals surface area contributed by atoms with Crippen molar-refractivity contribution in [2.75, 3.05) is 29.8 Å². The molecule has 2 rings (SSSR count). The molecule has 0 unspecified atom stereocenters.